The minimum absolute atomic E-state index is 0.00748. The highest BCUT2D eigenvalue weighted by atomic mass is 16.2. The molecule has 2 saturated carbocycles. The summed E-state index contributed by atoms with van der Waals surface area (Å²) in [5.41, 5.74) is 2.71. The number of hydrogen-bond acceptors (Lipinski definition) is 2. The summed E-state index contributed by atoms with van der Waals surface area (Å²) in [7, 11) is 0. The van der Waals surface area contributed by atoms with Crippen LogP contribution in [0.1, 0.15) is 6.42 Å². The monoisotopic (exact) mass is 341 g/mol. The van der Waals surface area contributed by atoms with Gasteiger partial charge in [-0.2, -0.15) is 0 Å². The topological polar surface area (TPSA) is 37.4 Å². The van der Waals surface area contributed by atoms with Crippen molar-refractivity contribution in [2.75, 3.05) is 4.90 Å². The van der Waals surface area contributed by atoms with Crippen molar-refractivity contribution in [1.82, 2.24) is 0 Å². The number of imide groups is 1. The quantitative estimate of drug-likeness (QED) is 0.613. The average Bonchev–Trinajstić information content (AvgIpc) is 3.47. The smallest absolute Gasteiger partial charge is 0.238 e. The Morgan fingerprint density at radius 2 is 1.31 bits per heavy atom. The number of hydrogen-bond donors (Lipinski definition) is 0. The lowest BCUT2D eigenvalue weighted by atomic mass is 9.63. The highest BCUT2D eigenvalue weighted by molar-refractivity contribution is 6.24. The van der Waals surface area contributed by atoms with E-state index in [1.807, 2.05) is 54.6 Å². The zero-order valence-electron chi connectivity index (χ0n) is 14.3. The standard InChI is InChI=1S/C23H19NO2/c25-22-20-15-10-11-16(18-12-17(15)18)21(20)23(26)24(22)19-9-5-4-8-14(19)13-6-2-1-3-7-13/h1-11,15-18,20-21H,12H2/t15-,16-,17-,18+,20+,21+/m0/s1. The number of nitrogens with zero attached hydrogens (tertiary/aromatic N) is 1. The first-order valence-electron chi connectivity index (χ1n) is 9.46. The third kappa shape index (κ3) is 1.73. The van der Waals surface area contributed by atoms with Gasteiger partial charge in [0.2, 0.25) is 11.8 Å². The maximum Gasteiger partial charge on any atom is 0.238 e. The van der Waals surface area contributed by atoms with E-state index < -0.39 is 0 Å². The fourth-order valence-corrected chi connectivity index (χ4v) is 5.72. The van der Waals surface area contributed by atoms with Gasteiger partial charge in [0.15, 0.2) is 0 Å². The Hall–Kier alpha value is -2.68. The molecule has 0 spiro atoms. The predicted molar refractivity (Wildman–Crippen MR) is 99.1 cm³/mol. The van der Waals surface area contributed by atoms with E-state index in [9.17, 15) is 9.59 Å². The zero-order chi connectivity index (χ0) is 17.4. The van der Waals surface area contributed by atoms with E-state index in [4.69, 9.17) is 0 Å². The fraction of sp³-hybridized carbons (Fsp3) is 0.304. The van der Waals surface area contributed by atoms with Crippen LogP contribution in [0.4, 0.5) is 5.69 Å². The van der Waals surface area contributed by atoms with Crippen molar-refractivity contribution in [3.63, 3.8) is 0 Å². The molecule has 1 aliphatic heterocycles. The Balaban J connectivity index is 1.47. The van der Waals surface area contributed by atoms with Gasteiger partial charge in [0, 0.05) is 5.56 Å². The van der Waals surface area contributed by atoms with Gasteiger partial charge in [0.25, 0.3) is 0 Å². The number of anilines is 1. The Morgan fingerprint density at radius 3 is 1.96 bits per heavy atom. The van der Waals surface area contributed by atoms with Crippen LogP contribution in [0.3, 0.4) is 0 Å². The summed E-state index contributed by atoms with van der Waals surface area (Å²) in [6.45, 7) is 0. The Kier molecular flexibility index (Phi) is 2.75. The average molecular weight is 341 g/mol. The first-order chi connectivity index (χ1) is 12.8. The van der Waals surface area contributed by atoms with Gasteiger partial charge in [0.05, 0.1) is 17.5 Å². The summed E-state index contributed by atoms with van der Waals surface area (Å²) in [6, 6.07) is 17.8. The molecule has 0 radical (unpaired) electrons. The number of allylic oxidation sites excluding steroid dienone is 2. The van der Waals surface area contributed by atoms with Crippen LogP contribution in [0.15, 0.2) is 66.7 Å². The minimum atomic E-state index is -0.148. The highest BCUT2D eigenvalue weighted by Crippen LogP contribution is 2.65. The summed E-state index contributed by atoms with van der Waals surface area (Å²) in [6.07, 6.45) is 5.63. The number of carbonyl (C=O) groups excluding carboxylic acids is 2. The van der Waals surface area contributed by atoms with Gasteiger partial charge in [-0.3, -0.25) is 9.59 Å². The van der Waals surface area contributed by atoms with Gasteiger partial charge in [-0.1, -0.05) is 60.7 Å². The number of carbonyl (C=O) groups is 2. The Labute approximate surface area is 152 Å². The molecule has 0 N–H and O–H groups in total. The van der Waals surface area contributed by atoms with Crippen molar-refractivity contribution in [3.05, 3.63) is 66.7 Å². The third-order valence-corrected chi connectivity index (χ3v) is 6.89. The first kappa shape index (κ1) is 14.5. The second-order valence-corrected chi connectivity index (χ2v) is 8.05. The molecule has 0 aromatic heterocycles. The van der Waals surface area contributed by atoms with E-state index in [2.05, 4.69) is 12.2 Å². The van der Waals surface area contributed by atoms with Crippen molar-refractivity contribution in [3.8, 4) is 11.1 Å². The maximum atomic E-state index is 13.4. The van der Waals surface area contributed by atoms with Gasteiger partial charge in [-0.15, -0.1) is 0 Å². The largest absolute Gasteiger partial charge is 0.274 e. The van der Waals surface area contributed by atoms with E-state index in [0.29, 0.717) is 11.8 Å². The predicted octanol–water partition coefficient (Wildman–Crippen LogP) is 3.91. The van der Waals surface area contributed by atoms with Crippen molar-refractivity contribution >= 4 is 17.5 Å². The van der Waals surface area contributed by atoms with Crippen LogP contribution in [-0.2, 0) is 9.59 Å². The van der Waals surface area contributed by atoms with Crippen molar-refractivity contribution in [2.45, 2.75) is 6.42 Å². The lowest BCUT2D eigenvalue weighted by molar-refractivity contribution is -0.124. The third-order valence-electron chi connectivity index (χ3n) is 6.89. The summed E-state index contributed by atoms with van der Waals surface area (Å²) in [4.78, 5) is 28.2. The van der Waals surface area contributed by atoms with E-state index >= 15 is 0 Å². The minimum Gasteiger partial charge on any atom is -0.274 e. The van der Waals surface area contributed by atoms with Crippen LogP contribution in [-0.4, -0.2) is 11.8 Å². The maximum absolute atomic E-state index is 13.4. The molecule has 128 valence electrons. The van der Waals surface area contributed by atoms with E-state index in [0.717, 1.165) is 16.8 Å². The Bertz CT molecular complexity index is 927. The molecule has 4 aliphatic carbocycles. The molecule has 1 saturated heterocycles. The first-order valence-corrected chi connectivity index (χ1v) is 9.46. The number of benzene rings is 2. The van der Waals surface area contributed by atoms with Gasteiger partial charge in [-0.25, -0.2) is 4.90 Å². The molecule has 5 aliphatic rings. The molecule has 2 aromatic rings. The molecule has 3 nitrogen and oxygen atoms in total. The number of amides is 2. The molecule has 0 unspecified atom stereocenters. The normalized spacial score (nSPS) is 36.2. The van der Waals surface area contributed by atoms with E-state index in [1.165, 1.54) is 11.3 Å². The molecular formula is C23H19NO2. The van der Waals surface area contributed by atoms with Crippen molar-refractivity contribution in [2.24, 2.45) is 35.5 Å². The Morgan fingerprint density at radius 1 is 0.731 bits per heavy atom. The zero-order valence-corrected chi connectivity index (χ0v) is 14.3. The van der Waals surface area contributed by atoms with Crippen molar-refractivity contribution in [1.29, 1.82) is 0 Å². The lowest BCUT2D eigenvalue weighted by Crippen LogP contribution is -2.40. The van der Waals surface area contributed by atoms with Crippen LogP contribution in [0.5, 0.6) is 0 Å². The molecule has 3 fully saturated rings. The van der Waals surface area contributed by atoms with Crippen LogP contribution < -0.4 is 4.90 Å². The summed E-state index contributed by atoms with van der Waals surface area (Å²) in [5, 5.41) is 0. The van der Waals surface area contributed by atoms with E-state index in [1.54, 1.807) is 0 Å². The molecule has 7 rings (SSSR count). The molecule has 26 heavy (non-hydrogen) atoms. The molecule has 6 atom stereocenters. The summed E-state index contributed by atoms with van der Waals surface area (Å²) >= 11 is 0. The van der Waals surface area contributed by atoms with E-state index in [-0.39, 0.29) is 35.5 Å². The molecule has 2 aromatic carbocycles. The number of rotatable bonds is 2. The lowest BCUT2D eigenvalue weighted by Gasteiger charge is -2.37. The van der Waals surface area contributed by atoms with Crippen molar-refractivity contribution < 1.29 is 9.59 Å². The van der Waals surface area contributed by atoms with Crippen LogP contribution in [0, 0.1) is 35.5 Å². The molecular weight excluding hydrogens is 322 g/mol. The van der Waals surface area contributed by atoms with Crippen LogP contribution in [0.25, 0.3) is 11.1 Å². The SMILES string of the molecule is O=C1[C@@H]2[C@H]3C=C[C@@H]([C@@H]4C[C@H]34)[C@H]2C(=O)N1c1ccccc1-c1ccccc1. The second-order valence-electron chi connectivity index (χ2n) is 8.05. The summed E-state index contributed by atoms with van der Waals surface area (Å²) in [5.74, 6) is 1.51. The highest BCUT2D eigenvalue weighted by Gasteiger charge is 2.67. The molecule has 3 heteroatoms. The molecule has 1 heterocycles. The molecule has 2 bridgehead atoms. The van der Waals surface area contributed by atoms with Crippen LogP contribution >= 0.6 is 0 Å². The van der Waals surface area contributed by atoms with Gasteiger partial charge in [0.1, 0.15) is 0 Å². The van der Waals surface area contributed by atoms with Gasteiger partial charge in [-0.05, 0) is 41.7 Å². The van der Waals surface area contributed by atoms with Gasteiger partial charge >= 0.3 is 0 Å². The second kappa shape index (κ2) is 4.94. The summed E-state index contributed by atoms with van der Waals surface area (Å²) < 4.78 is 0. The fourth-order valence-electron chi connectivity index (χ4n) is 5.72. The number of para-hydroxylation sites is 1. The van der Waals surface area contributed by atoms with Crippen LogP contribution in [0.2, 0.25) is 0 Å². The molecule has 2 amide bonds. The van der Waals surface area contributed by atoms with Gasteiger partial charge < -0.3 is 0 Å².